The highest BCUT2D eigenvalue weighted by atomic mass is 32.2. The standard InChI is InChI=1S/C26H43N2S/c1-3-5-7-8-9-10-11-12-13-17-20-27-21-22-28(24-29-23-6-4-2)26(27)25-18-15-14-16-19-25/h14-16,18-19,21-22H,3-13,17,20,23-24H2,1-2H3/q+1. The molecule has 29 heavy (non-hydrogen) atoms. The fourth-order valence-corrected chi connectivity index (χ4v) is 4.88. The van der Waals surface area contributed by atoms with Crippen LogP contribution in [0.5, 0.6) is 0 Å². The van der Waals surface area contributed by atoms with Crippen molar-refractivity contribution >= 4 is 11.8 Å². The van der Waals surface area contributed by atoms with E-state index in [0.717, 1.165) is 12.4 Å². The Balaban J connectivity index is 1.78. The zero-order valence-electron chi connectivity index (χ0n) is 19.0. The first kappa shape index (κ1) is 24.1. The Morgan fingerprint density at radius 1 is 0.759 bits per heavy atom. The van der Waals surface area contributed by atoms with Crippen LogP contribution < -0.4 is 4.57 Å². The van der Waals surface area contributed by atoms with Crippen LogP contribution in [-0.2, 0) is 12.4 Å². The third-order valence-electron chi connectivity index (χ3n) is 5.63. The molecule has 1 aromatic heterocycles. The van der Waals surface area contributed by atoms with Crippen molar-refractivity contribution in [3.8, 4) is 11.4 Å². The minimum Gasteiger partial charge on any atom is -0.230 e. The minimum absolute atomic E-state index is 1.05. The molecule has 2 aromatic rings. The monoisotopic (exact) mass is 415 g/mol. The predicted octanol–water partition coefficient (Wildman–Crippen LogP) is 7.85. The van der Waals surface area contributed by atoms with Gasteiger partial charge in [-0.3, -0.25) is 0 Å². The molecule has 0 saturated heterocycles. The molecule has 0 aliphatic heterocycles. The highest BCUT2D eigenvalue weighted by Gasteiger charge is 2.18. The normalized spacial score (nSPS) is 11.2. The molecule has 3 heteroatoms. The maximum absolute atomic E-state index is 2.47. The molecule has 2 rings (SSSR count). The summed E-state index contributed by atoms with van der Waals surface area (Å²) in [5.41, 5.74) is 1.33. The van der Waals surface area contributed by atoms with E-state index >= 15 is 0 Å². The summed E-state index contributed by atoms with van der Waals surface area (Å²) < 4.78 is 4.91. The fraction of sp³-hybridized carbons (Fsp3) is 0.654. The molecule has 1 heterocycles. The molecule has 0 aliphatic rings. The van der Waals surface area contributed by atoms with E-state index in [-0.39, 0.29) is 0 Å². The van der Waals surface area contributed by atoms with Crippen LogP contribution in [0, 0.1) is 0 Å². The van der Waals surface area contributed by atoms with Gasteiger partial charge in [-0.2, -0.15) is 0 Å². The third-order valence-corrected chi connectivity index (χ3v) is 6.67. The zero-order chi connectivity index (χ0) is 20.6. The largest absolute Gasteiger partial charge is 0.289 e. The molecule has 0 saturated carbocycles. The molecule has 0 bridgehead atoms. The summed E-state index contributed by atoms with van der Waals surface area (Å²) in [5.74, 6) is 3.67. The minimum atomic E-state index is 1.05. The molecule has 2 nitrogen and oxygen atoms in total. The first-order valence-electron chi connectivity index (χ1n) is 12.1. The quantitative estimate of drug-likeness (QED) is 0.189. The summed E-state index contributed by atoms with van der Waals surface area (Å²) in [6.45, 7) is 5.69. The number of thioether (sulfide) groups is 1. The number of rotatable bonds is 17. The zero-order valence-corrected chi connectivity index (χ0v) is 19.8. The summed E-state index contributed by atoms with van der Waals surface area (Å²) in [4.78, 5) is 0. The van der Waals surface area contributed by atoms with Gasteiger partial charge in [0.25, 0.3) is 5.82 Å². The number of imidazole rings is 1. The first-order valence-corrected chi connectivity index (χ1v) is 13.2. The Bertz CT molecular complexity index is 635. The van der Waals surface area contributed by atoms with Crippen LogP contribution in [0.3, 0.4) is 0 Å². The van der Waals surface area contributed by atoms with Crippen LogP contribution in [-0.4, -0.2) is 10.3 Å². The highest BCUT2D eigenvalue weighted by Crippen LogP contribution is 2.18. The van der Waals surface area contributed by atoms with Gasteiger partial charge < -0.3 is 0 Å². The smallest absolute Gasteiger partial charge is 0.230 e. The van der Waals surface area contributed by atoms with E-state index in [1.807, 2.05) is 11.8 Å². The molecule has 0 spiro atoms. The third kappa shape index (κ3) is 9.42. The SMILES string of the molecule is CCCCCCCCCCCCn1cc[n+](CSCCCC)c1-c1ccccc1. The van der Waals surface area contributed by atoms with E-state index in [9.17, 15) is 0 Å². The number of aryl methyl sites for hydroxylation is 1. The van der Waals surface area contributed by atoms with Gasteiger partial charge in [-0.15, -0.1) is 11.8 Å². The molecular formula is C26H43N2S+. The lowest BCUT2D eigenvalue weighted by atomic mass is 10.1. The Kier molecular flexibility index (Phi) is 12.9. The Labute approximate surface area is 184 Å². The predicted molar refractivity (Wildman–Crippen MR) is 129 cm³/mol. The number of hydrogen-bond acceptors (Lipinski definition) is 1. The van der Waals surface area contributed by atoms with E-state index in [1.165, 1.54) is 94.2 Å². The van der Waals surface area contributed by atoms with Gasteiger partial charge >= 0.3 is 0 Å². The van der Waals surface area contributed by atoms with E-state index in [4.69, 9.17) is 0 Å². The summed E-state index contributed by atoms with van der Waals surface area (Å²) in [6.07, 6.45) is 21.1. The van der Waals surface area contributed by atoms with Gasteiger partial charge in [0.15, 0.2) is 0 Å². The van der Waals surface area contributed by atoms with E-state index in [2.05, 4.69) is 65.7 Å². The molecule has 0 amide bonds. The van der Waals surface area contributed by atoms with Crippen molar-refractivity contribution in [2.75, 3.05) is 5.75 Å². The summed E-state index contributed by atoms with van der Waals surface area (Å²) in [7, 11) is 0. The van der Waals surface area contributed by atoms with Crippen molar-refractivity contribution in [3.63, 3.8) is 0 Å². The molecule has 162 valence electrons. The molecule has 0 unspecified atom stereocenters. The average molecular weight is 416 g/mol. The maximum atomic E-state index is 2.47. The van der Waals surface area contributed by atoms with E-state index in [0.29, 0.717) is 0 Å². The van der Waals surface area contributed by atoms with Gasteiger partial charge in [-0.1, -0.05) is 89.8 Å². The molecule has 0 atom stereocenters. The van der Waals surface area contributed by atoms with Crippen molar-refractivity contribution in [1.82, 2.24) is 4.57 Å². The number of nitrogens with zero attached hydrogens (tertiary/aromatic N) is 2. The Hall–Kier alpha value is -1.22. The van der Waals surface area contributed by atoms with Crippen LogP contribution in [0.1, 0.15) is 90.9 Å². The van der Waals surface area contributed by atoms with Gasteiger partial charge in [0.2, 0.25) is 0 Å². The van der Waals surface area contributed by atoms with Crippen LogP contribution in [0.4, 0.5) is 0 Å². The van der Waals surface area contributed by atoms with Gasteiger partial charge in [0, 0.05) is 0 Å². The van der Waals surface area contributed by atoms with Crippen LogP contribution in [0.2, 0.25) is 0 Å². The number of hydrogen-bond donors (Lipinski definition) is 0. The molecule has 0 fully saturated rings. The number of benzene rings is 1. The highest BCUT2D eigenvalue weighted by molar-refractivity contribution is 7.98. The lowest BCUT2D eigenvalue weighted by Crippen LogP contribution is -2.33. The van der Waals surface area contributed by atoms with Crippen molar-refractivity contribution in [1.29, 1.82) is 0 Å². The Morgan fingerprint density at radius 3 is 2.03 bits per heavy atom. The van der Waals surface area contributed by atoms with Crippen LogP contribution >= 0.6 is 11.8 Å². The molecular weight excluding hydrogens is 372 g/mol. The lowest BCUT2D eigenvalue weighted by molar-refractivity contribution is -0.664. The molecule has 0 aliphatic carbocycles. The van der Waals surface area contributed by atoms with Gasteiger partial charge in [0.1, 0.15) is 18.3 Å². The van der Waals surface area contributed by atoms with Gasteiger partial charge in [-0.05, 0) is 37.1 Å². The lowest BCUT2D eigenvalue weighted by Gasteiger charge is -2.06. The first-order chi connectivity index (χ1) is 14.4. The number of aromatic nitrogens is 2. The summed E-state index contributed by atoms with van der Waals surface area (Å²) in [5, 5.41) is 0. The van der Waals surface area contributed by atoms with E-state index in [1.54, 1.807) is 0 Å². The van der Waals surface area contributed by atoms with Crippen molar-refractivity contribution in [2.24, 2.45) is 0 Å². The summed E-state index contributed by atoms with van der Waals surface area (Å²) >= 11 is 2.05. The van der Waals surface area contributed by atoms with E-state index < -0.39 is 0 Å². The second kappa shape index (κ2) is 15.6. The topological polar surface area (TPSA) is 8.81 Å². The van der Waals surface area contributed by atoms with Gasteiger partial charge in [0.05, 0.1) is 12.1 Å². The van der Waals surface area contributed by atoms with Crippen LogP contribution in [0.15, 0.2) is 42.7 Å². The number of unbranched alkanes of at least 4 members (excludes halogenated alkanes) is 10. The average Bonchev–Trinajstić information content (AvgIpc) is 3.16. The molecule has 0 N–H and O–H groups in total. The maximum Gasteiger partial charge on any atom is 0.289 e. The van der Waals surface area contributed by atoms with Crippen molar-refractivity contribution < 1.29 is 4.57 Å². The van der Waals surface area contributed by atoms with Crippen molar-refractivity contribution in [2.45, 2.75) is 103 Å². The fourth-order valence-electron chi connectivity index (χ4n) is 3.85. The second-order valence-corrected chi connectivity index (χ2v) is 9.30. The molecule has 0 radical (unpaired) electrons. The van der Waals surface area contributed by atoms with Gasteiger partial charge in [-0.25, -0.2) is 9.13 Å². The second-order valence-electron chi connectivity index (χ2n) is 8.22. The Morgan fingerprint density at radius 2 is 1.38 bits per heavy atom. The molecule has 1 aromatic carbocycles. The van der Waals surface area contributed by atoms with Crippen molar-refractivity contribution in [3.05, 3.63) is 42.7 Å². The summed E-state index contributed by atoms with van der Waals surface area (Å²) in [6, 6.07) is 10.9. The van der Waals surface area contributed by atoms with Crippen LogP contribution in [0.25, 0.3) is 11.4 Å².